The molecule has 0 N–H and O–H groups in total. The largest absolute Gasteiger partial charge is 1.00 e. The molecule has 3 heteroatoms. The van der Waals surface area contributed by atoms with E-state index in [-0.39, 0.29) is 48.6 Å². The molecule has 0 aliphatic heterocycles. The van der Waals surface area contributed by atoms with Crippen molar-refractivity contribution in [2.45, 2.75) is 27.2 Å². The quantitative estimate of drug-likeness (QED) is 0.432. The number of hydrogen-bond acceptors (Lipinski definition) is 2. The number of carbonyl (C=O) groups is 1. The molecule has 0 heterocycles. The van der Waals surface area contributed by atoms with Crippen LogP contribution in [-0.2, 0) is 4.79 Å². The summed E-state index contributed by atoms with van der Waals surface area (Å²) in [6, 6.07) is 1.82. The van der Waals surface area contributed by atoms with Gasteiger partial charge in [0.1, 0.15) is 0 Å². The number of rotatable bonds is 1. The summed E-state index contributed by atoms with van der Waals surface area (Å²) in [5, 5.41) is 8.13. The van der Waals surface area contributed by atoms with Gasteiger partial charge < -0.3 is 1.43 Å². The summed E-state index contributed by atoms with van der Waals surface area (Å²) in [5.74, 6) is 0.00463. The average molecular weight is 149 g/mol. The molecule has 0 amide bonds. The third-order valence-corrected chi connectivity index (χ3v) is 1.08. The Labute approximate surface area is 85.4 Å². The van der Waals surface area contributed by atoms with Crippen LogP contribution in [0.25, 0.3) is 0 Å². The first-order valence-electron chi connectivity index (χ1n) is 2.88. The SMILES string of the molecule is CC(C)(C)C(=O)CC#N.[H-].[Na+]. The molecule has 0 spiro atoms. The van der Waals surface area contributed by atoms with Gasteiger partial charge in [0.25, 0.3) is 0 Å². The molecule has 2 nitrogen and oxygen atoms in total. The van der Waals surface area contributed by atoms with Crippen LogP contribution in [0.15, 0.2) is 0 Å². The number of nitriles is 1. The van der Waals surface area contributed by atoms with Crippen LogP contribution >= 0.6 is 0 Å². The molecule has 0 aliphatic rings. The van der Waals surface area contributed by atoms with Gasteiger partial charge in [-0.25, -0.2) is 0 Å². The van der Waals surface area contributed by atoms with Gasteiger partial charge in [-0.1, -0.05) is 20.8 Å². The zero-order valence-corrected chi connectivity index (χ0v) is 9.06. The number of hydrogen-bond donors (Lipinski definition) is 0. The van der Waals surface area contributed by atoms with Crippen molar-refractivity contribution >= 4 is 5.78 Å². The van der Waals surface area contributed by atoms with Crippen molar-refractivity contribution in [1.29, 1.82) is 5.26 Å². The molecule has 0 aliphatic carbocycles. The Kier molecular flexibility index (Phi) is 6.27. The second-order valence-electron chi connectivity index (χ2n) is 3.01. The molecular weight excluding hydrogens is 137 g/mol. The molecule has 0 aromatic carbocycles. The van der Waals surface area contributed by atoms with Gasteiger partial charge in [-0.15, -0.1) is 0 Å². The Hall–Kier alpha value is 0.160. The summed E-state index contributed by atoms with van der Waals surface area (Å²) < 4.78 is 0. The summed E-state index contributed by atoms with van der Waals surface area (Å²) in [6.07, 6.45) is 0.0312. The molecule has 0 aromatic heterocycles. The second kappa shape index (κ2) is 4.90. The fraction of sp³-hybridized carbons (Fsp3) is 0.714. The third-order valence-electron chi connectivity index (χ3n) is 1.08. The summed E-state index contributed by atoms with van der Waals surface area (Å²) in [7, 11) is 0. The Morgan fingerprint density at radius 2 is 2.00 bits per heavy atom. The fourth-order valence-electron chi connectivity index (χ4n) is 0.337. The molecule has 10 heavy (non-hydrogen) atoms. The molecule has 0 saturated heterocycles. The van der Waals surface area contributed by atoms with Crippen molar-refractivity contribution in [2.75, 3.05) is 0 Å². The predicted octanol–water partition coefficient (Wildman–Crippen LogP) is -1.37. The van der Waals surface area contributed by atoms with E-state index >= 15 is 0 Å². The number of nitrogens with zero attached hydrogens (tertiary/aromatic N) is 1. The van der Waals surface area contributed by atoms with Crippen molar-refractivity contribution in [2.24, 2.45) is 5.41 Å². The van der Waals surface area contributed by atoms with Crippen LogP contribution in [0.1, 0.15) is 28.6 Å². The van der Waals surface area contributed by atoms with E-state index in [0.717, 1.165) is 0 Å². The first kappa shape index (κ1) is 12.8. The molecule has 0 bridgehead atoms. The minimum absolute atomic E-state index is 0. The summed E-state index contributed by atoms with van der Waals surface area (Å²) in [6.45, 7) is 5.44. The first-order valence-corrected chi connectivity index (χ1v) is 2.88. The van der Waals surface area contributed by atoms with Crippen molar-refractivity contribution < 1.29 is 35.8 Å². The molecule has 0 atom stereocenters. The van der Waals surface area contributed by atoms with Crippen LogP contribution in [0.2, 0.25) is 0 Å². The minimum atomic E-state index is -0.351. The van der Waals surface area contributed by atoms with Crippen molar-refractivity contribution in [3.05, 3.63) is 0 Å². The molecule has 0 radical (unpaired) electrons. The second-order valence-corrected chi connectivity index (χ2v) is 3.01. The molecule has 52 valence electrons. The Balaban J connectivity index is -0.000000320. The van der Waals surface area contributed by atoms with Gasteiger partial charge in [0, 0.05) is 5.41 Å². The van der Waals surface area contributed by atoms with Gasteiger partial charge in [0.15, 0.2) is 5.78 Å². The molecule has 0 rings (SSSR count). The monoisotopic (exact) mass is 149 g/mol. The Morgan fingerprint density at radius 3 is 2.10 bits per heavy atom. The van der Waals surface area contributed by atoms with E-state index in [2.05, 4.69) is 0 Å². The van der Waals surface area contributed by atoms with Crippen molar-refractivity contribution in [1.82, 2.24) is 0 Å². The normalized spacial score (nSPS) is 9.40. The van der Waals surface area contributed by atoms with Gasteiger partial charge in [0.05, 0.1) is 12.5 Å². The zero-order valence-electron chi connectivity index (χ0n) is 8.06. The van der Waals surface area contributed by atoms with Crippen LogP contribution in [0.3, 0.4) is 0 Å². The fourth-order valence-corrected chi connectivity index (χ4v) is 0.337. The van der Waals surface area contributed by atoms with Crippen LogP contribution in [0.5, 0.6) is 0 Å². The van der Waals surface area contributed by atoms with Crippen molar-refractivity contribution in [3.8, 4) is 6.07 Å². The van der Waals surface area contributed by atoms with E-state index in [4.69, 9.17) is 5.26 Å². The molecule has 0 fully saturated rings. The minimum Gasteiger partial charge on any atom is -1.00 e. The maximum Gasteiger partial charge on any atom is 1.00 e. The van der Waals surface area contributed by atoms with E-state index in [1.165, 1.54) is 0 Å². The van der Waals surface area contributed by atoms with Crippen LogP contribution in [0, 0.1) is 16.7 Å². The number of Topliss-reactive ketones (excluding diaryl/α,β-unsaturated/α-hetero) is 1. The maximum absolute atomic E-state index is 10.8. The first-order chi connectivity index (χ1) is 3.98. The van der Waals surface area contributed by atoms with Crippen molar-refractivity contribution in [3.63, 3.8) is 0 Å². The standard InChI is InChI=1S/C7H11NO.Na.H/c1-7(2,3)6(9)4-5-8;;/h4H2,1-3H3;;/q;+1;-1. The van der Waals surface area contributed by atoms with Crippen LogP contribution < -0.4 is 29.6 Å². The van der Waals surface area contributed by atoms with Gasteiger partial charge in [-0.05, 0) is 0 Å². The van der Waals surface area contributed by atoms with Crippen LogP contribution in [0.4, 0.5) is 0 Å². The predicted molar refractivity (Wildman–Crippen MR) is 35.8 cm³/mol. The molecule has 0 unspecified atom stereocenters. The number of ketones is 1. The van der Waals surface area contributed by atoms with E-state index in [1.807, 2.05) is 26.8 Å². The summed E-state index contributed by atoms with van der Waals surface area (Å²) in [4.78, 5) is 10.8. The van der Waals surface area contributed by atoms with Crippen LogP contribution in [-0.4, -0.2) is 5.78 Å². The smallest absolute Gasteiger partial charge is 1.00 e. The summed E-state index contributed by atoms with van der Waals surface area (Å²) in [5.41, 5.74) is -0.351. The van der Waals surface area contributed by atoms with Gasteiger partial charge in [-0.3, -0.25) is 4.79 Å². The molecule has 0 saturated carbocycles. The Morgan fingerprint density at radius 1 is 1.60 bits per heavy atom. The zero-order chi connectivity index (χ0) is 7.49. The topological polar surface area (TPSA) is 40.9 Å². The van der Waals surface area contributed by atoms with Gasteiger partial charge in [-0.2, -0.15) is 5.26 Å². The third kappa shape index (κ3) is 4.99. The summed E-state index contributed by atoms with van der Waals surface area (Å²) >= 11 is 0. The van der Waals surface area contributed by atoms with Gasteiger partial charge in [0.2, 0.25) is 0 Å². The number of carbonyl (C=O) groups excluding carboxylic acids is 1. The van der Waals surface area contributed by atoms with Gasteiger partial charge >= 0.3 is 29.6 Å². The van der Waals surface area contributed by atoms with E-state index in [1.54, 1.807) is 0 Å². The van der Waals surface area contributed by atoms with E-state index < -0.39 is 0 Å². The average Bonchev–Trinajstić information content (AvgIpc) is 1.64. The van der Waals surface area contributed by atoms with E-state index in [9.17, 15) is 4.79 Å². The molecule has 0 aromatic rings. The van der Waals surface area contributed by atoms with E-state index in [0.29, 0.717) is 0 Å². The Bertz CT molecular complexity index is 157. The molecular formula is C7H12NNaO. The maximum atomic E-state index is 10.8.